The number of carbonyl (C=O) groups is 1. The van der Waals surface area contributed by atoms with E-state index in [9.17, 15) is 14.9 Å². The lowest BCUT2D eigenvalue weighted by Crippen LogP contribution is -2.30. The molecule has 10 nitrogen and oxygen atoms in total. The zero-order valence-corrected chi connectivity index (χ0v) is 17.7. The Bertz CT molecular complexity index is 1480. The van der Waals surface area contributed by atoms with Crippen LogP contribution >= 0.6 is 11.3 Å². The van der Waals surface area contributed by atoms with Crippen LogP contribution in [0.4, 0.5) is 22.5 Å². The number of benzene rings is 3. The molecule has 0 saturated carbocycles. The number of para-hydroxylation sites is 1. The largest absolute Gasteiger partial charge is 0.355 e. The standard InChI is InChI=1S/C22H15N7O3S/c30-21(15-9-5-7-13-6-1-2-8-14(13)15)28-27-20-18(29(31)32)19(23-12-24-20)26-22-25-16-10-3-4-11-17(16)33-22/h1-12H,(H,28,30)(H2,23,24,25,26,27). The average molecular weight is 457 g/mol. The van der Waals surface area contributed by atoms with E-state index in [1.165, 1.54) is 11.3 Å². The molecule has 3 N–H and O–H groups in total. The summed E-state index contributed by atoms with van der Waals surface area (Å²) in [4.78, 5) is 36.3. The van der Waals surface area contributed by atoms with Gasteiger partial charge in [-0.15, -0.1) is 0 Å². The Morgan fingerprint density at radius 2 is 1.70 bits per heavy atom. The fourth-order valence-corrected chi connectivity index (χ4v) is 4.23. The molecule has 0 fully saturated rings. The number of nitrogens with one attached hydrogen (secondary N) is 3. The highest BCUT2D eigenvalue weighted by Crippen LogP contribution is 2.33. The number of rotatable bonds is 6. The van der Waals surface area contributed by atoms with Gasteiger partial charge in [0.2, 0.25) is 11.6 Å². The van der Waals surface area contributed by atoms with Crippen molar-refractivity contribution in [2.24, 2.45) is 0 Å². The Hall–Kier alpha value is -4.64. The normalized spacial score (nSPS) is 10.8. The van der Waals surface area contributed by atoms with Gasteiger partial charge in [0, 0.05) is 5.56 Å². The van der Waals surface area contributed by atoms with E-state index < -0.39 is 16.5 Å². The highest BCUT2D eigenvalue weighted by molar-refractivity contribution is 7.22. The number of fused-ring (bicyclic) bond motifs is 2. The van der Waals surface area contributed by atoms with Gasteiger partial charge in [0.15, 0.2) is 5.13 Å². The molecule has 11 heteroatoms. The van der Waals surface area contributed by atoms with Crippen molar-refractivity contribution in [2.75, 3.05) is 10.7 Å². The summed E-state index contributed by atoms with van der Waals surface area (Å²) in [5.74, 6) is -0.663. The third kappa shape index (κ3) is 4.00. The number of anilines is 3. The van der Waals surface area contributed by atoms with Crippen LogP contribution in [0.1, 0.15) is 10.4 Å². The van der Waals surface area contributed by atoms with Gasteiger partial charge >= 0.3 is 5.69 Å². The highest BCUT2D eigenvalue weighted by atomic mass is 32.1. The first-order valence-electron chi connectivity index (χ1n) is 9.76. The molecule has 2 aromatic heterocycles. The minimum atomic E-state index is -0.623. The Labute approximate surface area is 190 Å². The zero-order valence-electron chi connectivity index (χ0n) is 16.9. The second-order valence-corrected chi connectivity index (χ2v) is 7.92. The summed E-state index contributed by atoms with van der Waals surface area (Å²) in [7, 11) is 0. The van der Waals surface area contributed by atoms with Crippen LogP contribution in [0.2, 0.25) is 0 Å². The van der Waals surface area contributed by atoms with Crippen LogP contribution in [0.25, 0.3) is 21.0 Å². The van der Waals surface area contributed by atoms with Crippen LogP contribution < -0.4 is 16.2 Å². The second-order valence-electron chi connectivity index (χ2n) is 6.89. The number of hydrogen-bond acceptors (Lipinski definition) is 9. The maximum absolute atomic E-state index is 12.8. The molecule has 0 atom stereocenters. The highest BCUT2D eigenvalue weighted by Gasteiger charge is 2.24. The fraction of sp³-hybridized carbons (Fsp3) is 0. The molecule has 33 heavy (non-hydrogen) atoms. The molecule has 0 radical (unpaired) electrons. The van der Waals surface area contributed by atoms with Crippen LogP contribution in [-0.2, 0) is 0 Å². The van der Waals surface area contributed by atoms with Gasteiger partial charge in [0.1, 0.15) is 6.33 Å². The summed E-state index contributed by atoms with van der Waals surface area (Å²) in [6.07, 6.45) is 1.16. The lowest BCUT2D eigenvalue weighted by Gasteiger charge is -2.11. The molecule has 5 rings (SSSR count). The number of aromatic nitrogens is 3. The molecule has 0 saturated heterocycles. The Kier molecular flexibility index (Phi) is 5.21. The fourth-order valence-electron chi connectivity index (χ4n) is 3.37. The van der Waals surface area contributed by atoms with Crippen LogP contribution in [-0.4, -0.2) is 25.8 Å². The molecule has 0 unspecified atom stereocenters. The molecule has 2 heterocycles. The Morgan fingerprint density at radius 1 is 0.939 bits per heavy atom. The summed E-state index contributed by atoms with van der Waals surface area (Å²) >= 11 is 1.34. The lowest BCUT2D eigenvalue weighted by atomic mass is 10.0. The van der Waals surface area contributed by atoms with Gasteiger partial charge in [0.25, 0.3) is 5.91 Å². The van der Waals surface area contributed by atoms with E-state index in [2.05, 4.69) is 31.1 Å². The van der Waals surface area contributed by atoms with Crippen LogP contribution in [0, 0.1) is 10.1 Å². The third-order valence-corrected chi connectivity index (χ3v) is 5.80. The number of nitrogens with zero attached hydrogens (tertiary/aromatic N) is 4. The topological polar surface area (TPSA) is 135 Å². The van der Waals surface area contributed by atoms with Gasteiger partial charge in [-0.25, -0.2) is 15.0 Å². The first-order chi connectivity index (χ1) is 16.1. The van der Waals surface area contributed by atoms with Gasteiger partial charge in [-0.3, -0.25) is 25.8 Å². The van der Waals surface area contributed by atoms with E-state index in [1.807, 2.05) is 54.6 Å². The van der Waals surface area contributed by atoms with Gasteiger partial charge in [-0.05, 0) is 29.0 Å². The average Bonchev–Trinajstić information content (AvgIpc) is 3.24. The smallest absolute Gasteiger partial charge is 0.310 e. The van der Waals surface area contributed by atoms with Gasteiger partial charge in [-0.2, -0.15) is 0 Å². The summed E-state index contributed by atoms with van der Waals surface area (Å²) in [5.41, 5.74) is 5.82. The summed E-state index contributed by atoms with van der Waals surface area (Å²) in [5, 5.41) is 16.8. The number of hydrazine groups is 1. The van der Waals surface area contributed by atoms with E-state index in [0.717, 1.165) is 27.3 Å². The van der Waals surface area contributed by atoms with E-state index in [4.69, 9.17) is 0 Å². The third-order valence-electron chi connectivity index (χ3n) is 4.85. The molecule has 0 aliphatic heterocycles. The molecular formula is C22H15N7O3S. The number of carbonyl (C=O) groups excluding carboxylic acids is 1. The van der Waals surface area contributed by atoms with Gasteiger partial charge < -0.3 is 5.32 Å². The molecule has 162 valence electrons. The molecular weight excluding hydrogens is 442 g/mol. The maximum atomic E-state index is 12.8. The predicted octanol–water partition coefficient (Wildman–Crippen LogP) is 4.65. The van der Waals surface area contributed by atoms with E-state index >= 15 is 0 Å². The second kappa shape index (κ2) is 8.48. The molecule has 3 aromatic carbocycles. The lowest BCUT2D eigenvalue weighted by molar-refractivity contribution is -0.383. The van der Waals surface area contributed by atoms with Gasteiger partial charge in [0.05, 0.1) is 15.1 Å². The monoisotopic (exact) mass is 457 g/mol. The number of hydrogen-bond donors (Lipinski definition) is 3. The maximum Gasteiger partial charge on any atom is 0.355 e. The zero-order chi connectivity index (χ0) is 22.8. The van der Waals surface area contributed by atoms with Crippen LogP contribution in [0.5, 0.6) is 0 Å². The summed E-state index contributed by atoms with van der Waals surface area (Å²) < 4.78 is 0.928. The van der Waals surface area contributed by atoms with E-state index in [1.54, 1.807) is 12.1 Å². The van der Waals surface area contributed by atoms with Crippen molar-refractivity contribution in [2.45, 2.75) is 0 Å². The number of nitro groups is 1. The van der Waals surface area contributed by atoms with Crippen molar-refractivity contribution in [3.63, 3.8) is 0 Å². The van der Waals surface area contributed by atoms with Crippen molar-refractivity contribution in [3.8, 4) is 0 Å². The Morgan fingerprint density at radius 3 is 2.55 bits per heavy atom. The van der Waals surface area contributed by atoms with Crippen LogP contribution in [0.15, 0.2) is 73.1 Å². The molecule has 0 aliphatic rings. The minimum Gasteiger partial charge on any atom is -0.310 e. The molecule has 5 aromatic rings. The molecule has 0 spiro atoms. The molecule has 1 amide bonds. The molecule has 0 aliphatic carbocycles. The predicted molar refractivity (Wildman–Crippen MR) is 127 cm³/mol. The van der Waals surface area contributed by atoms with Crippen LogP contribution in [0.3, 0.4) is 0 Å². The van der Waals surface area contributed by atoms with Crippen molar-refractivity contribution in [3.05, 3.63) is 88.7 Å². The van der Waals surface area contributed by atoms with Crippen molar-refractivity contribution < 1.29 is 9.72 Å². The number of amides is 1. The molecule has 0 bridgehead atoms. The van der Waals surface area contributed by atoms with E-state index in [-0.39, 0.29) is 11.6 Å². The first-order valence-corrected chi connectivity index (χ1v) is 10.6. The quantitative estimate of drug-likeness (QED) is 0.248. The Balaban J connectivity index is 1.41. The van der Waals surface area contributed by atoms with Crippen molar-refractivity contribution in [1.82, 2.24) is 20.4 Å². The van der Waals surface area contributed by atoms with Gasteiger partial charge in [-0.1, -0.05) is 59.9 Å². The first kappa shape index (κ1) is 20.3. The SMILES string of the molecule is O=C(NNc1ncnc(Nc2nc3ccccc3s2)c1[N+](=O)[O-])c1cccc2ccccc12. The summed E-state index contributed by atoms with van der Waals surface area (Å²) in [6, 6.07) is 20.3. The van der Waals surface area contributed by atoms with Crippen molar-refractivity contribution in [1.29, 1.82) is 0 Å². The number of thiazole rings is 1. The van der Waals surface area contributed by atoms with Crippen molar-refractivity contribution >= 4 is 60.7 Å². The summed E-state index contributed by atoms with van der Waals surface area (Å²) in [6.45, 7) is 0. The van der Waals surface area contributed by atoms with E-state index in [0.29, 0.717) is 10.7 Å². The minimum absolute atomic E-state index is 0.0454.